The van der Waals surface area contributed by atoms with Crippen LogP contribution >= 0.6 is 0 Å². The molecule has 1 aromatic rings. The topological polar surface area (TPSA) is 25.6 Å². The summed E-state index contributed by atoms with van der Waals surface area (Å²) in [7, 11) is 0. The predicted molar refractivity (Wildman–Crippen MR) is 70.5 cm³/mol. The van der Waals surface area contributed by atoms with E-state index in [0.29, 0.717) is 12.2 Å². The number of ether oxygens (including phenoxy) is 1. The number of fused-ring (bicyclic) bond motifs is 1. The van der Waals surface area contributed by atoms with Gasteiger partial charge >= 0.3 is 0 Å². The maximum absolute atomic E-state index is 5.94. The van der Waals surface area contributed by atoms with Crippen LogP contribution in [0.3, 0.4) is 0 Å². The van der Waals surface area contributed by atoms with Gasteiger partial charge in [0.15, 0.2) is 0 Å². The van der Waals surface area contributed by atoms with Gasteiger partial charge in [-0.1, -0.05) is 0 Å². The summed E-state index contributed by atoms with van der Waals surface area (Å²) in [6, 6.07) is 2.18. The molecule has 0 aliphatic carbocycles. The van der Waals surface area contributed by atoms with Crippen molar-refractivity contribution in [2.75, 3.05) is 13.1 Å². The normalized spacial score (nSPS) is 32.7. The number of hydrogen-bond donors (Lipinski definition) is 0. The summed E-state index contributed by atoms with van der Waals surface area (Å²) in [5.74, 6) is 2.89. The second-order valence-electron chi connectivity index (χ2n) is 5.96. The van der Waals surface area contributed by atoms with E-state index in [2.05, 4.69) is 24.8 Å². The Morgan fingerprint density at radius 3 is 2.94 bits per heavy atom. The second kappa shape index (κ2) is 4.71. The zero-order chi connectivity index (χ0) is 12.7. The van der Waals surface area contributed by atoms with Crippen molar-refractivity contribution < 1.29 is 9.15 Å². The van der Waals surface area contributed by atoms with Crippen molar-refractivity contribution in [2.45, 2.75) is 52.4 Å². The number of aryl methyl sites for hydroxylation is 2. The van der Waals surface area contributed by atoms with Crippen LogP contribution in [0.1, 0.15) is 36.8 Å². The fourth-order valence-electron chi connectivity index (χ4n) is 3.36. The van der Waals surface area contributed by atoms with E-state index in [9.17, 15) is 0 Å². The van der Waals surface area contributed by atoms with Gasteiger partial charge in [0.25, 0.3) is 0 Å². The molecule has 0 unspecified atom stereocenters. The van der Waals surface area contributed by atoms with Gasteiger partial charge < -0.3 is 9.15 Å². The lowest BCUT2D eigenvalue weighted by Gasteiger charge is -2.33. The molecule has 2 saturated heterocycles. The van der Waals surface area contributed by atoms with Crippen LogP contribution in [-0.4, -0.2) is 30.2 Å². The van der Waals surface area contributed by atoms with Gasteiger partial charge in [-0.15, -0.1) is 0 Å². The minimum Gasteiger partial charge on any atom is -0.465 e. The number of furan rings is 1. The van der Waals surface area contributed by atoms with Crippen molar-refractivity contribution in [3.05, 3.63) is 23.2 Å². The van der Waals surface area contributed by atoms with Gasteiger partial charge in [-0.3, -0.25) is 4.90 Å². The number of nitrogens with zero attached hydrogens (tertiary/aromatic N) is 1. The van der Waals surface area contributed by atoms with Gasteiger partial charge in [-0.25, -0.2) is 0 Å². The van der Waals surface area contributed by atoms with Gasteiger partial charge in [0.1, 0.15) is 11.5 Å². The molecule has 2 aliphatic heterocycles. The monoisotopic (exact) mass is 249 g/mol. The fraction of sp³-hybridized carbons (Fsp3) is 0.733. The molecule has 0 N–H and O–H groups in total. The smallest absolute Gasteiger partial charge is 0.118 e. The molecule has 3 heteroatoms. The molecule has 2 fully saturated rings. The minimum absolute atomic E-state index is 0.452. The Hall–Kier alpha value is -0.800. The van der Waals surface area contributed by atoms with Crippen molar-refractivity contribution >= 4 is 0 Å². The van der Waals surface area contributed by atoms with Crippen LogP contribution in [0.25, 0.3) is 0 Å². The molecule has 0 bridgehead atoms. The Morgan fingerprint density at radius 1 is 1.39 bits per heavy atom. The lowest BCUT2D eigenvalue weighted by molar-refractivity contribution is 0.00461. The van der Waals surface area contributed by atoms with E-state index in [1.54, 1.807) is 0 Å². The lowest BCUT2D eigenvalue weighted by Crippen LogP contribution is -2.40. The molecule has 1 aromatic heterocycles. The summed E-state index contributed by atoms with van der Waals surface area (Å²) in [5.41, 5.74) is 1.26. The van der Waals surface area contributed by atoms with Gasteiger partial charge in [-0.05, 0) is 45.2 Å². The molecule has 0 radical (unpaired) electrons. The average Bonchev–Trinajstić information content (AvgIpc) is 2.81. The molecule has 2 aliphatic rings. The Labute approximate surface area is 109 Å². The highest BCUT2D eigenvalue weighted by Crippen LogP contribution is 2.33. The van der Waals surface area contributed by atoms with Crippen molar-refractivity contribution in [3.63, 3.8) is 0 Å². The molecule has 3 heterocycles. The van der Waals surface area contributed by atoms with Gasteiger partial charge in [0.05, 0.1) is 18.8 Å². The standard InChI is InChI=1S/C15H23NO2/c1-10-6-14(18-12(10)3)9-16-5-4-15-13(8-16)7-11(2)17-15/h6,11,13,15H,4-5,7-9H2,1-3H3/t11-,13-,15-/m0/s1. The Morgan fingerprint density at radius 2 is 2.22 bits per heavy atom. The second-order valence-corrected chi connectivity index (χ2v) is 5.96. The maximum atomic E-state index is 5.94. The molecule has 0 spiro atoms. The van der Waals surface area contributed by atoms with Gasteiger partial charge in [0, 0.05) is 19.0 Å². The van der Waals surface area contributed by atoms with Crippen LogP contribution in [-0.2, 0) is 11.3 Å². The SMILES string of the molecule is Cc1cc(CN2CC[C@@H]3O[C@@H](C)C[C@H]3C2)oc1C. The summed E-state index contributed by atoms with van der Waals surface area (Å²) in [6.45, 7) is 9.59. The van der Waals surface area contributed by atoms with Crippen LogP contribution in [0.15, 0.2) is 10.5 Å². The summed E-state index contributed by atoms with van der Waals surface area (Å²) >= 11 is 0. The molecule has 3 nitrogen and oxygen atoms in total. The number of piperidine rings is 1. The zero-order valence-corrected chi connectivity index (χ0v) is 11.6. The molecular weight excluding hydrogens is 226 g/mol. The maximum Gasteiger partial charge on any atom is 0.118 e. The van der Waals surface area contributed by atoms with E-state index in [1.165, 1.54) is 18.4 Å². The van der Waals surface area contributed by atoms with E-state index in [-0.39, 0.29) is 0 Å². The number of rotatable bonds is 2. The lowest BCUT2D eigenvalue weighted by atomic mass is 9.93. The van der Waals surface area contributed by atoms with Gasteiger partial charge in [-0.2, -0.15) is 0 Å². The van der Waals surface area contributed by atoms with Crippen LogP contribution in [0.2, 0.25) is 0 Å². The Bertz CT molecular complexity index is 407. The van der Waals surface area contributed by atoms with E-state index in [1.807, 2.05) is 6.92 Å². The van der Waals surface area contributed by atoms with E-state index in [4.69, 9.17) is 9.15 Å². The first kappa shape index (κ1) is 12.2. The van der Waals surface area contributed by atoms with Gasteiger partial charge in [0.2, 0.25) is 0 Å². The molecule has 0 saturated carbocycles. The first-order chi connectivity index (χ1) is 8.61. The molecule has 0 aromatic carbocycles. The van der Waals surface area contributed by atoms with E-state index in [0.717, 1.165) is 37.1 Å². The first-order valence-corrected chi connectivity index (χ1v) is 7.05. The number of hydrogen-bond acceptors (Lipinski definition) is 3. The predicted octanol–water partition coefficient (Wildman–Crippen LogP) is 2.90. The van der Waals surface area contributed by atoms with E-state index >= 15 is 0 Å². The molecule has 100 valence electrons. The third-order valence-electron chi connectivity index (χ3n) is 4.39. The zero-order valence-electron chi connectivity index (χ0n) is 11.6. The van der Waals surface area contributed by atoms with Crippen LogP contribution in [0.5, 0.6) is 0 Å². The van der Waals surface area contributed by atoms with Crippen LogP contribution in [0, 0.1) is 19.8 Å². The van der Waals surface area contributed by atoms with Crippen LogP contribution < -0.4 is 0 Å². The molecular formula is C15H23NO2. The highest BCUT2D eigenvalue weighted by molar-refractivity contribution is 5.18. The van der Waals surface area contributed by atoms with Crippen molar-refractivity contribution in [3.8, 4) is 0 Å². The van der Waals surface area contributed by atoms with Crippen molar-refractivity contribution in [1.82, 2.24) is 4.90 Å². The summed E-state index contributed by atoms with van der Waals surface area (Å²) in [6.07, 6.45) is 3.36. The Balaban J connectivity index is 1.61. The summed E-state index contributed by atoms with van der Waals surface area (Å²) in [4.78, 5) is 2.51. The molecule has 0 amide bonds. The van der Waals surface area contributed by atoms with E-state index < -0.39 is 0 Å². The first-order valence-electron chi connectivity index (χ1n) is 7.05. The van der Waals surface area contributed by atoms with Crippen LogP contribution in [0.4, 0.5) is 0 Å². The Kier molecular flexibility index (Phi) is 3.20. The molecule has 3 rings (SSSR count). The highest BCUT2D eigenvalue weighted by Gasteiger charge is 2.37. The largest absolute Gasteiger partial charge is 0.465 e. The quantitative estimate of drug-likeness (QED) is 0.806. The fourth-order valence-corrected chi connectivity index (χ4v) is 3.36. The average molecular weight is 249 g/mol. The number of likely N-dealkylation sites (tertiary alicyclic amines) is 1. The van der Waals surface area contributed by atoms with Crippen molar-refractivity contribution in [1.29, 1.82) is 0 Å². The third-order valence-corrected chi connectivity index (χ3v) is 4.39. The third kappa shape index (κ3) is 2.34. The minimum atomic E-state index is 0.452. The highest BCUT2D eigenvalue weighted by atomic mass is 16.5. The van der Waals surface area contributed by atoms with Crippen molar-refractivity contribution in [2.24, 2.45) is 5.92 Å². The summed E-state index contributed by atoms with van der Waals surface area (Å²) in [5, 5.41) is 0. The molecule has 18 heavy (non-hydrogen) atoms. The molecule has 3 atom stereocenters. The summed E-state index contributed by atoms with van der Waals surface area (Å²) < 4.78 is 11.7.